The monoisotopic (exact) mass is 181 g/mol. The van der Waals surface area contributed by atoms with E-state index >= 15 is 0 Å². The van der Waals surface area contributed by atoms with Gasteiger partial charge in [0.25, 0.3) is 0 Å². The van der Waals surface area contributed by atoms with Crippen LogP contribution in [0, 0.1) is 0 Å². The maximum Gasteiger partial charge on any atom is 0.110 e. The highest BCUT2D eigenvalue weighted by Gasteiger charge is 2.18. The van der Waals surface area contributed by atoms with E-state index < -0.39 is 0 Å². The van der Waals surface area contributed by atoms with Gasteiger partial charge < -0.3 is 15.0 Å². The molecule has 72 valence electrons. The van der Waals surface area contributed by atoms with Crippen LogP contribution in [0.1, 0.15) is 17.9 Å². The minimum atomic E-state index is 0.0459. The van der Waals surface area contributed by atoms with E-state index in [1.807, 2.05) is 13.2 Å². The van der Waals surface area contributed by atoms with Gasteiger partial charge in [0.15, 0.2) is 0 Å². The second kappa shape index (κ2) is 3.47. The largest absolute Gasteiger partial charge is 0.390 e. The van der Waals surface area contributed by atoms with Crippen molar-refractivity contribution in [1.82, 2.24) is 14.9 Å². The van der Waals surface area contributed by atoms with Crippen LogP contribution in [-0.4, -0.2) is 27.7 Å². The van der Waals surface area contributed by atoms with Crippen LogP contribution in [0.3, 0.4) is 0 Å². The second-order valence-electron chi connectivity index (χ2n) is 3.48. The number of imidazole rings is 1. The molecule has 4 nitrogen and oxygen atoms in total. The molecule has 0 spiro atoms. The number of aromatic nitrogens is 2. The SMILES string of the molecule is CNC1CCn2cc(CO)nc2C1. The molecule has 0 aliphatic carbocycles. The molecule has 0 aromatic carbocycles. The van der Waals surface area contributed by atoms with E-state index in [-0.39, 0.29) is 6.61 Å². The highest BCUT2D eigenvalue weighted by Crippen LogP contribution is 2.14. The summed E-state index contributed by atoms with van der Waals surface area (Å²) in [4.78, 5) is 4.34. The molecule has 2 rings (SSSR count). The topological polar surface area (TPSA) is 50.1 Å². The predicted molar refractivity (Wildman–Crippen MR) is 49.3 cm³/mol. The Labute approximate surface area is 77.6 Å². The Bertz CT molecular complexity index is 295. The van der Waals surface area contributed by atoms with E-state index in [0.29, 0.717) is 6.04 Å². The Morgan fingerprint density at radius 1 is 1.77 bits per heavy atom. The van der Waals surface area contributed by atoms with Gasteiger partial charge in [-0.25, -0.2) is 4.98 Å². The van der Waals surface area contributed by atoms with Gasteiger partial charge in [-0.15, -0.1) is 0 Å². The van der Waals surface area contributed by atoms with Gasteiger partial charge in [-0.3, -0.25) is 0 Å². The summed E-state index contributed by atoms with van der Waals surface area (Å²) in [7, 11) is 1.98. The summed E-state index contributed by atoms with van der Waals surface area (Å²) in [5, 5.41) is 12.2. The molecule has 1 unspecified atom stereocenters. The number of hydrogen-bond acceptors (Lipinski definition) is 3. The fourth-order valence-electron chi connectivity index (χ4n) is 1.81. The number of aliphatic hydroxyl groups is 1. The van der Waals surface area contributed by atoms with E-state index in [1.165, 1.54) is 0 Å². The van der Waals surface area contributed by atoms with E-state index in [9.17, 15) is 0 Å². The zero-order chi connectivity index (χ0) is 9.26. The molecule has 1 aromatic rings. The van der Waals surface area contributed by atoms with Crippen LogP contribution >= 0.6 is 0 Å². The van der Waals surface area contributed by atoms with Gasteiger partial charge >= 0.3 is 0 Å². The predicted octanol–water partition coefficient (Wildman–Crippen LogP) is -0.0904. The standard InChI is InChI=1S/C9H15N3O/c1-10-7-2-3-12-5-8(6-13)11-9(12)4-7/h5,7,10,13H,2-4,6H2,1H3. The van der Waals surface area contributed by atoms with Crippen molar-refractivity contribution in [2.24, 2.45) is 0 Å². The van der Waals surface area contributed by atoms with Gasteiger partial charge in [0, 0.05) is 25.2 Å². The lowest BCUT2D eigenvalue weighted by Gasteiger charge is -2.22. The minimum absolute atomic E-state index is 0.0459. The molecule has 2 heterocycles. The van der Waals surface area contributed by atoms with Crippen molar-refractivity contribution in [2.45, 2.75) is 32.0 Å². The molecule has 2 N–H and O–H groups in total. The normalized spacial score (nSPS) is 21.5. The van der Waals surface area contributed by atoms with E-state index in [0.717, 1.165) is 30.9 Å². The zero-order valence-corrected chi connectivity index (χ0v) is 7.82. The average molecular weight is 181 g/mol. The smallest absolute Gasteiger partial charge is 0.110 e. The number of aliphatic hydroxyl groups excluding tert-OH is 1. The van der Waals surface area contributed by atoms with Gasteiger partial charge in [0.05, 0.1) is 12.3 Å². The first-order valence-corrected chi connectivity index (χ1v) is 4.66. The lowest BCUT2D eigenvalue weighted by molar-refractivity contribution is 0.277. The molecular formula is C9H15N3O. The number of rotatable bonds is 2. The Morgan fingerprint density at radius 2 is 2.62 bits per heavy atom. The number of likely N-dealkylation sites (N-methyl/N-ethyl adjacent to an activating group) is 1. The second-order valence-corrected chi connectivity index (χ2v) is 3.48. The van der Waals surface area contributed by atoms with Gasteiger partial charge in [-0.1, -0.05) is 0 Å². The van der Waals surface area contributed by atoms with Gasteiger partial charge in [-0.2, -0.15) is 0 Å². The summed E-state index contributed by atoms with van der Waals surface area (Å²) in [6, 6.07) is 0.543. The van der Waals surface area contributed by atoms with Gasteiger partial charge in [-0.05, 0) is 13.5 Å². The van der Waals surface area contributed by atoms with Crippen molar-refractivity contribution < 1.29 is 5.11 Å². The molecule has 0 saturated carbocycles. The Kier molecular flexibility index (Phi) is 2.33. The maximum atomic E-state index is 8.92. The third kappa shape index (κ3) is 1.59. The van der Waals surface area contributed by atoms with Crippen LogP contribution in [0.25, 0.3) is 0 Å². The molecule has 4 heteroatoms. The van der Waals surface area contributed by atoms with E-state index in [4.69, 9.17) is 5.11 Å². The molecule has 0 amide bonds. The van der Waals surface area contributed by atoms with Crippen molar-refractivity contribution in [1.29, 1.82) is 0 Å². The molecule has 1 atom stereocenters. The molecule has 13 heavy (non-hydrogen) atoms. The number of nitrogens with zero attached hydrogens (tertiary/aromatic N) is 2. The third-order valence-electron chi connectivity index (χ3n) is 2.63. The van der Waals surface area contributed by atoms with Gasteiger partial charge in [0.2, 0.25) is 0 Å². The van der Waals surface area contributed by atoms with Crippen LogP contribution in [0.15, 0.2) is 6.20 Å². The summed E-state index contributed by atoms with van der Waals surface area (Å²) in [5.41, 5.74) is 0.784. The number of fused-ring (bicyclic) bond motifs is 1. The van der Waals surface area contributed by atoms with Crippen molar-refractivity contribution in [3.05, 3.63) is 17.7 Å². The van der Waals surface area contributed by atoms with Crippen molar-refractivity contribution in [3.8, 4) is 0 Å². The first kappa shape index (κ1) is 8.72. The number of nitrogens with one attached hydrogen (secondary N) is 1. The van der Waals surface area contributed by atoms with Crippen LogP contribution in [0.4, 0.5) is 0 Å². The average Bonchev–Trinajstić information content (AvgIpc) is 2.58. The van der Waals surface area contributed by atoms with E-state index in [1.54, 1.807) is 0 Å². The Balaban J connectivity index is 2.19. The van der Waals surface area contributed by atoms with E-state index in [2.05, 4.69) is 14.9 Å². The summed E-state index contributed by atoms with van der Waals surface area (Å²) in [5.74, 6) is 1.09. The fourth-order valence-corrected chi connectivity index (χ4v) is 1.81. The lowest BCUT2D eigenvalue weighted by Crippen LogP contribution is -2.33. The third-order valence-corrected chi connectivity index (χ3v) is 2.63. The molecule has 0 bridgehead atoms. The molecule has 0 radical (unpaired) electrons. The summed E-state index contributed by atoms with van der Waals surface area (Å²) in [6.07, 6.45) is 4.06. The van der Waals surface area contributed by atoms with Crippen molar-refractivity contribution in [2.75, 3.05) is 7.05 Å². The fraction of sp³-hybridized carbons (Fsp3) is 0.667. The first-order chi connectivity index (χ1) is 6.33. The van der Waals surface area contributed by atoms with Gasteiger partial charge in [0.1, 0.15) is 5.82 Å². The minimum Gasteiger partial charge on any atom is -0.390 e. The summed E-state index contributed by atoms with van der Waals surface area (Å²) < 4.78 is 2.14. The maximum absolute atomic E-state index is 8.92. The highest BCUT2D eigenvalue weighted by molar-refractivity contribution is 5.07. The van der Waals surface area contributed by atoms with Crippen molar-refractivity contribution >= 4 is 0 Å². The molecule has 1 aliphatic rings. The van der Waals surface area contributed by atoms with Crippen LogP contribution in [0.2, 0.25) is 0 Å². The van der Waals surface area contributed by atoms with Crippen LogP contribution in [0.5, 0.6) is 0 Å². The molecule has 0 fully saturated rings. The summed E-state index contributed by atoms with van der Waals surface area (Å²) in [6.45, 7) is 1.05. The first-order valence-electron chi connectivity index (χ1n) is 4.66. The zero-order valence-electron chi connectivity index (χ0n) is 7.82. The Morgan fingerprint density at radius 3 is 3.31 bits per heavy atom. The molecule has 1 aromatic heterocycles. The Hall–Kier alpha value is -0.870. The quantitative estimate of drug-likeness (QED) is 0.670. The van der Waals surface area contributed by atoms with Crippen molar-refractivity contribution in [3.63, 3.8) is 0 Å². The van der Waals surface area contributed by atoms with Crippen LogP contribution in [-0.2, 0) is 19.6 Å². The molecular weight excluding hydrogens is 166 g/mol. The lowest BCUT2D eigenvalue weighted by atomic mass is 10.1. The number of hydrogen-bond donors (Lipinski definition) is 2. The highest BCUT2D eigenvalue weighted by atomic mass is 16.3. The molecule has 0 saturated heterocycles. The molecule has 1 aliphatic heterocycles. The van der Waals surface area contributed by atoms with Crippen LogP contribution < -0.4 is 5.32 Å². The number of aryl methyl sites for hydroxylation is 1. The summed E-state index contributed by atoms with van der Waals surface area (Å²) >= 11 is 0.